The monoisotopic (exact) mass is 411 g/mol. The van der Waals surface area contributed by atoms with Gasteiger partial charge in [-0.1, -0.05) is 18.2 Å². The maximum absolute atomic E-state index is 11.3. The Labute approximate surface area is 175 Å². The molecule has 9 heteroatoms. The molecule has 0 bridgehead atoms. The van der Waals surface area contributed by atoms with Crippen LogP contribution in [0.4, 0.5) is 17.1 Å². The van der Waals surface area contributed by atoms with Crippen LogP contribution in [0.2, 0.25) is 0 Å². The topological polar surface area (TPSA) is 126 Å². The molecule has 152 valence electrons. The lowest BCUT2D eigenvalue weighted by molar-refractivity contribution is 1.05. The molecule has 0 unspecified atom stereocenters. The number of nitrogens with one attached hydrogen (secondary N) is 4. The van der Waals surface area contributed by atoms with E-state index in [0.717, 1.165) is 28.2 Å². The van der Waals surface area contributed by atoms with Crippen LogP contribution >= 0.6 is 0 Å². The molecule has 0 atom stereocenters. The molecule has 5 rings (SSSR count). The van der Waals surface area contributed by atoms with Crippen molar-refractivity contribution in [2.75, 3.05) is 4.90 Å². The van der Waals surface area contributed by atoms with E-state index < -0.39 is 0 Å². The predicted molar refractivity (Wildman–Crippen MR) is 118 cm³/mol. The fourth-order valence-electron chi connectivity index (χ4n) is 3.37. The summed E-state index contributed by atoms with van der Waals surface area (Å²) in [7, 11) is 0. The van der Waals surface area contributed by atoms with Crippen LogP contribution in [0.3, 0.4) is 0 Å². The minimum atomic E-state index is -0.344. The van der Waals surface area contributed by atoms with Crippen molar-refractivity contribution in [3.8, 4) is 22.8 Å². The lowest BCUT2D eigenvalue weighted by Crippen LogP contribution is -2.09. The molecule has 9 nitrogen and oxygen atoms in total. The second kappa shape index (κ2) is 7.64. The number of rotatable bonds is 5. The molecule has 0 radical (unpaired) electrons. The van der Waals surface area contributed by atoms with Crippen LogP contribution in [-0.2, 0) is 0 Å². The zero-order valence-corrected chi connectivity index (χ0v) is 16.2. The molecular weight excluding hydrogens is 394 g/mol. The molecule has 0 fully saturated rings. The van der Waals surface area contributed by atoms with Gasteiger partial charge in [0.05, 0.1) is 0 Å². The Balaban J connectivity index is 1.53. The molecule has 4 N–H and O–H groups in total. The average molecular weight is 411 g/mol. The summed E-state index contributed by atoms with van der Waals surface area (Å²) in [5.41, 5.74) is 3.78. The van der Waals surface area contributed by atoms with E-state index >= 15 is 0 Å². The predicted octanol–water partition coefficient (Wildman–Crippen LogP) is 3.31. The highest BCUT2D eigenvalue weighted by molar-refractivity contribution is 5.78. The summed E-state index contributed by atoms with van der Waals surface area (Å²) in [4.78, 5) is 30.1. The standard InChI is InChI=1S/C22H17N7O2/c30-21-23-19(25-27-21)14-6-10-17(11-7-14)29(16-4-2-1-3-5-16)18-12-8-15(9-13-18)20-24-22(31)28-26-20/h1-13H,(H2,23,25,27,30)(H2,24,26,28,31). The second-order valence-corrected chi connectivity index (χ2v) is 6.82. The van der Waals surface area contributed by atoms with Gasteiger partial charge < -0.3 is 4.90 Å². The van der Waals surface area contributed by atoms with E-state index in [9.17, 15) is 9.59 Å². The summed E-state index contributed by atoms with van der Waals surface area (Å²) in [5.74, 6) is 0.973. The number of anilines is 3. The number of hydrogen-bond acceptors (Lipinski definition) is 5. The Morgan fingerprint density at radius 1 is 0.548 bits per heavy atom. The van der Waals surface area contributed by atoms with Crippen molar-refractivity contribution in [2.45, 2.75) is 0 Å². The van der Waals surface area contributed by atoms with Crippen molar-refractivity contribution in [1.82, 2.24) is 30.4 Å². The molecule has 0 aliphatic rings. The Morgan fingerprint density at radius 2 is 0.968 bits per heavy atom. The summed E-state index contributed by atoms with van der Waals surface area (Å²) < 4.78 is 0. The molecule has 0 aliphatic carbocycles. The van der Waals surface area contributed by atoms with Crippen LogP contribution in [-0.4, -0.2) is 30.4 Å². The minimum Gasteiger partial charge on any atom is -0.311 e. The zero-order chi connectivity index (χ0) is 21.2. The van der Waals surface area contributed by atoms with E-state index in [4.69, 9.17) is 0 Å². The SMILES string of the molecule is O=c1[nH]nc(-c2ccc(N(c3ccccc3)c3ccc(-c4n[nH]c(=O)[nH]4)cc3)cc2)[nH]1. The average Bonchev–Trinajstić information content (AvgIpc) is 3.44. The highest BCUT2D eigenvalue weighted by Crippen LogP contribution is 2.35. The fourth-order valence-corrected chi connectivity index (χ4v) is 3.37. The first-order chi connectivity index (χ1) is 15.2. The maximum atomic E-state index is 11.3. The first-order valence-electron chi connectivity index (χ1n) is 9.53. The number of aromatic amines is 4. The molecule has 3 aromatic carbocycles. The van der Waals surface area contributed by atoms with Crippen molar-refractivity contribution < 1.29 is 0 Å². The smallest absolute Gasteiger partial charge is 0.311 e. The van der Waals surface area contributed by atoms with Gasteiger partial charge in [-0.15, -0.1) is 0 Å². The number of nitrogens with zero attached hydrogens (tertiary/aromatic N) is 3. The summed E-state index contributed by atoms with van der Waals surface area (Å²) in [6, 6.07) is 25.5. The van der Waals surface area contributed by atoms with Crippen molar-refractivity contribution >= 4 is 17.1 Å². The van der Waals surface area contributed by atoms with Gasteiger partial charge in [0.15, 0.2) is 11.6 Å². The van der Waals surface area contributed by atoms with Crippen molar-refractivity contribution in [1.29, 1.82) is 0 Å². The van der Waals surface area contributed by atoms with Gasteiger partial charge in [-0.3, -0.25) is 9.97 Å². The zero-order valence-electron chi connectivity index (χ0n) is 16.2. The van der Waals surface area contributed by atoms with E-state index in [1.165, 1.54) is 0 Å². The number of hydrogen-bond donors (Lipinski definition) is 4. The molecule has 2 heterocycles. The van der Waals surface area contributed by atoms with E-state index in [0.29, 0.717) is 11.6 Å². The van der Waals surface area contributed by atoms with Crippen LogP contribution in [0.15, 0.2) is 88.5 Å². The van der Waals surface area contributed by atoms with Gasteiger partial charge in [0.25, 0.3) is 0 Å². The molecule has 0 spiro atoms. The summed E-state index contributed by atoms with van der Waals surface area (Å²) >= 11 is 0. The van der Waals surface area contributed by atoms with E-state index in [1.807, 2.05) is 78.9 Å². The second-order valence-electron chi connectivity index (χ2n) is 6.82. The molecule has 0 saturated heterocycles. The first kappa shape index (κ1) is 18.4. The van der Waals surface area contributed by atoms with Gasteiger partial charge in [-0.25, -0.2) is 19.8 Å². The first-order valence-corrected chi connectivity index (χ1v) is 9.53. The largest absolute Gasteiger partial charge is 0.340 e. The van der Waals surface area contributed by atoms with Gasteiger partial charge in [0.1, 0.15) is 0 Å². The van der Waals surface area contributed by atoms with Gasteiger partial charge >= 0.3 is 11.4 Å². The van der Waals surface area contributed by atoms with Crippen LogP contribution in [0.1, 0.15) is 0 Å². The third kappa shape index (κ3) is 3.67. The van der Waals surface area contributed by atoms with Crippen molar-refractivity contribution in [3.63, 3.8) is 0 Å². The van der Waals surface area contributed by atoms with Crippen LogP contribution < -0.4 is 16.3 Å². The third-order valence-electron chi connectivity index (χ3n) is 4.81. The molecule has 31 heavy (non-hydrogen) atoms. The lowest BCUT2D eigenvalue weighted by atomic mass is 10.1. The van der Waals surface area contributed by atoms with Gasteiger partial charge in [0.2, 0.25) is 0 Å². The molecule has 5 aromatic rings. The highest BCUT2D eigenvalue weighted by atomic mass is 16.1. The van der Waals surface area contributed by atoms with Crippen LogP contribution in [0, 0.1) is 0 Å². The number of benzene rings is 3. The molecule has 0 saturated carbocycles. The van der Waals surface area contributed by atoms with Gasteiger partial charge in [0, 0.05) is 28.2 Å². The molecule has 0 amide bonds. The van der Waals surface area contributed by atoms with Crippen molar-refractivity contribution in [3.05, 3.63) is 99.8 Å². The summed E-state index contributed by atoms with van der Waals surface area (Å²) in [6.07, 6.45) is 0. The Bertz CT molecular complexity index is 1320. The van der Waals surface area contributed by atoms with E-state index in [1.54, 1.807) is 0 Å². The van der Waals surface area contributed by atoms with E-state index in [2.05, 4.69) is 35.3 Å². The molecule has 2 aromatic heterocycles. The van der Waals surface area contributed by atoms with Crippen LogP contribution in [0.25, 0.3) is 22.8 Å². The third-order valence-corrected chi connectivity index (χ3v) is 4.81. The number of H-pyrrole nitrogens is 4. The summed E-state index contributed by atoms with van der Waals surface area (Å²) in [6.45, 7) is 0. The van der Waals surface area contributed by atoms with Gasteiger partial charge in [-0.05, 0) is 60.7 Å². The van der Waals surface area contributed by atoms with Crippen LogP contribution in [0.5, 0.6) is 0 Å². The highest BCUT2D eigenvalue weighted by Gasteiger charge is 2.13. The molecule has 0 aliphatic heterocycles. The fraction of sp³-hybridized carbons (Fsp3) is 0. The van der Waals surface area contributed by atoms with Crippen molar-refractivity contribution in [2.24, 2.45) is 0 Å². The van der Waals surface area contributed by atoms with E-state index in [-0.39, 0.29) is 11.4 Å². The summed E-state index contributed by atoms with van der Waals surface area (Å²) in [5, 5.41) is 12.7. The Hall–Kier alpha value is -4.66. The van der Waals surface area contributed by atoms with Gasteiger partial charge in [-0.2, -0.15) is 10.2 Å². The quantitative estimate of drug-likeness (QED) is 0.353. The Kier molecular flexibility index (Phi) is 4.53. The maximum Gasteiger partial charge on any atom is 0.340 e. The normalized spacial score (nSPS) is 10.8. The minimum absolute atomic E-state index is 0.344. The lowest BCUT2D eigenvalue weighted by Gasteiger charge is -2.25. The molecular formula is C22H17N7O2. The number of aromatic nitrogens is 6. The number of para-hydroxylation sites is 1. The Morgan fingerprint density at radius 3 is 1.35 bits per heavy atom.